The van der Waals surface area contributed by atoms with Crippen molar-refractivity contribution in [2.75, 3.05) is 11.9 Å². The minimum Gasteiger partial charge on any atom is -0.501 e. The lowest BCUT2D eigenvalue weighted by Gasteiger charge is -2.14. The largest absolute Gasteiger partial charge is 0.501 e. The van der Waals surface area contributed by atoms with Gasteiger partial charge < -0.3 is 10.1 Å². The summed E-state index contributed by atoms with van der Waals surface area (Å²) in [4.78, 5) is 8.55. The molecule has 0 saturated heterocycles. The van der Waals surface area contributed by atoms with Gasteiger partial charge in [-0.25, -0.2) is 9.97 Å². The molecule has 0 fully saturated rings. The number of hydrogen-bond acceptors (Lipinski definition) is 5. The normalized spacial score (nSPS) is 11.9. The summed E-state index contributed by atoms with van der Waals surface area (Å²) in [5, 5.41) is 12.3. The van der Waals surface area contributed by atoms with Crippen LogP contribution in [0.3, 0.4) is 0 Å². The van der Waals surface area contributed by atoms with E-state index in [1.807, 2.05) is 44.2 Å². The average molecular weight is 294 g/mol. The van der Waals surface area contributed by atoms with Gasteiger partial charge in [-0.1, -0.05) is 30.3 Å². The molecule has 22 heavy (non-hydrogen) atoms. The SMILES string of the molecule is CCO/C=C\c1nc(N[C@@H](C)c2ccccc2)ncc1C#N. The summed E-state index contributed by atoms with van der Waals surface area (Å²) in [7, 11) is 0. The van der Waals surface area contributed by atoms with Gasteiger partial charge in [0.25, 0.3) is 0 Å². The molecule has 1 atom stereocenters. The first-order valence-electron chi connectivity index (χ1n) is 7.11. The van der Waals surface area contributed by atoms with Crippen molar-refractivity contribution in [2.24, 2.45) is 0 Å². The highest BCUT2D eigenvalue weighted by atomic mass is 16.5. The molecule has 2 rings (SSSR count). The van der Waals surface area contributed by atoms with E-state index in [9.17, 15) is 0 Å². The van der Waals surface area contributed by atoms with Crippen LogP contribution >= 0.6 is 0 Å². The Morgan fingerprint density at radius 2 is 2.14 bits per heavy atom. The first-order valence-corrected chi connectivity index (χ1v) is 7.11. The number of hydrogen-bond donors (Lipinski definition) is 1. The molecule has 112 valence electrons. The van der Waals surface area contributed by atoms with Gasteiger partial charge in [0.05, 0.1) is 36.4 Å². The third-order valence-corrected chi connectivity index (χ3v) is 3.07. The number of nitrogens with zero attached hydrogens (tertiary/aromatic N) is 3. The summed E-state index contributed by atoms with van der Waals surface area (Å²) >= 11 is 0. The summed E-state index contributed by atoms with van der Waals surface area (Å²) in [6, 6.07) is 12.2. The predicted molar refractivity (Wildman–Crippen MR) is 85.9 cm³/mol. The van der Waals surface area contributed by atoms with Crippen molar-refractivity contribution < 1.29 is 4.74 Å². The van der Waals surface area contributed by atoms with Gasteiger partial charge in [0, 0.05) is 0 Å². The summed E-state index contributed by atoms with van der Waals surface area (Å²) in [5.41, 5.74) is 2.09. The molecule has 0 unspecified atom stereocenters. The van der Waals surface area contributed by atoms with Crippen molar-refractivity contribution in [1.29, 1.82) is 5.26 Å². The van der Waals surface area contributed by atoms with Gasteiger partial charge in [-0.2, -0.15) is 5.26 Å². The van der Waals surface area contributed by atoms with Gasteiger partial charge in [0.15, 0.2) is 0 Å². The van der Waals surface area contributed by atoms with E-state index >= 15 is 0 Å². The predicted octanol–water partition coefficient (Wildman–Crippen LogP) is 3.53. The number of anilines is 1. The van der Waals surface area contributed by atoms with Crippen LogP contribution in [0.5, 0.6) is 0 Å². The standard InChI is InChI=1S/C17H18N4O/c1-3-22-10-9-16-15(11-18)12-19-17(21-16)20-13(2)14-7-5-4-6-8-14/h4-10,12-13H,3H2,1-2H3,(H,19,20,21)/b10-9-/t13-/m0/s1. The molecule has 0 radical (unpaired) electrons. The zero-order chi connectivity index (χ0) is 15.8. The van der Waals surface area contributed by atoms with Crippen molar-refractivity contribution in [2.45, 2.75) is 19.9 Å². The van der Waals surface area contributed by atoms with E-state index in [1.54, 1.807) is 6.08 Å². The Morgan fingerprint density at radius 1 is 1.36 bits per heavy atom. The summed E-state index contributed by atoms with van der Waals surface area (Å²) in [5.74, 6) is 0.478. The molecular formula is C17H18N4O. The Labute approximate surface area is 130 Å². The van der Waals surface area contributed by atoms with E-state index in [1.165, 1.54) is 12.5 Å². The monoisotopic (exact) mass is 294 g/mol. The van der Waals surface area contributed by atoms with Gasteiger partial charge in [0.1, 0.15) is 6.07 Å². The van der Waals surface area contributed by atoms with E-state index in [0.29, 0.717) is 23.8 Å². The first-order chi connectivity index (χ1) is 10.7. The molecule has 1 aromatic carbocycles. The molecule has 0 aliphatic rings. The second-order valence-corrected chi connectivity index (χ2v) is 4.64. The quantitative estimate of drug-likeness (QED) is 0.825. The van der Waals surface area contributed by atoms with Gasteiger partial charge in [0.2, 0.25) is 5.95 Å². The minimum absolute atomic E-state index is 0.0675. The van der Waals surface area contributed by atoms with Crippen LogP contribution in [0.25, 0.3) is 6.08 Å². The molecule has 1 heterocycles. The van der Waals surface area contributed by atoms with E-state index < -0.39 is 0 Å². The van der Waals surface area contributed by atoms with Crippen LogP contribution in [0.15, 0.2) is 42.8 Å². The first kappa shape index (κ1) is 15.5. The Kier molecular flexibility index (Phi) is 5.50. The zero-order valence-electron chi connectivity index (χ0n) is 12.7. The van der Waals surface area contributed by atoms with Gasteiger partial charge in [-0.3, -0.25) is 0 Å². The molecule has 5 nitrogen and oxygen atoms in total. The molecule has 0 aliphatic carbocycles. The lowest BCUT2D eigenvalue weighted by molar-refractivity contribution is 0.272. The molecule has 1 aromatic heterocycles. The fourth-order valence-electron chi connectivity index (χ4n) is 1.91. The highest BCUT2D eigenvalue weighted by molar-refractivity contribution is 5.54. The number of aromatic nitrogens is 2. The van der Waals surface area contributed by atoms with Crippen molar-refractivity contribution in [3.05, 3.63) is 59.6 Å². The third-order valence-electron chi connectivity index (χ3n) is 3.07. The summed E-state index contributed by atoms with van der Waals surface area (Å²) < 4.78 is 5.16. The van der Waals surface area contributed by atoms with E-state index in [4.69, 9.17) is 10.00 Å². The highest BCUT2D eigenvalue weighted by Crippen LogP contribution is 2.17. The number of ether oxygens (including phenoxy) is 1. The zero-order valence-corrected chi connectivity index (χ0v) is 12.7. The van der Waals surface area contributed by atoms with E-state index in [-0.39, 0.29) is 6.04 Å². The Hall–Kier alpha value is -2.87. The van der Waals surface area contributed by atoms with Gasteiger partial charge >= 0.3 is 0 Å². The Balaban J connectivity index is 2.18. The van der Waals surface area contributed by atoms with E-state index in [2.05, 4.69) is 21.4 Å². The topological polar surface area (TPSA) is 70.8 Å². The molecular weight excluding hydrogens is 276 g/mol. The second-order valence-electron chi connectivity index (χ2n) is 4.64. The maximum absolute atomic E-state index is 9.10. The highest BCUT2D eigenvalue weighted by Gasteiger charge is 2.09. The van der Waals surface area contributed by atoms with Crippen LogP contribution in [-0.4, -0.2) is 16.6 Å². The lowest BCUT2D eigenvalue weighted by Crippen LogP contribution is -2.10. The molecule has 0 spiro atoms. The molecule has 0 aliphatic heterocycles. The molecule has 1 N–H and O–H groups in total. The third kappa shape index (κ3) is 4.06. The van der Waals surface area contributed by atoms with Crippen LogP contribution in [-0.2, 0) is 4.74 Å². The van der Waals surface area contributed by atoms with Crippen molar-refractivity contribution in [1.82, 2.24) is 9.97 Å². The maximum atomic E-state index is 9.10. The fourth-order valence-corrected chi connectivity index (χ4v) is 1.91. The van der Waals surface area contributed by atoms with E-state index in [0.717, 1.165) is 5.56 Å². The van der Waals surface area contributed by atoms with Crippen LogP contribution < -0.4 is 5.32 Å². The lowest BCUT2D eigenvalue weighted by atomic mass is 10.1. The van der Waals surface area contributed by atoms with Crippen LogP contribution in [0, 0.1) is 11.3 Å². The number of nitriles is 1. The fraction of sp³-hybridized carbons (Fsp3) is 0.235. The Morgan fingerprint density at radius 3 is 2.82 bits per heavy atom. The molecule has 2 aromatic rings. The van der Waals surface area contributed by atoms with Crippen molar-refractivity contribution in [3.8, 4) is 6.07 Å². The number of nitrogens with one attached hydrogen (secondary N) is 1. The van der Waals surface area contributed by atoms with Crippen LogP contribution in [0.1, 0.15) is 36.7 Å². The van der Waals surface area contributed by atoms with Gasteiger partial charge in [-0.05, 0) is 25.5 Å². The minimum atomic E-state index is 0.0675. The van der Waals surface area contributed by atoms with Crippen molar-refractivity contribution in [3.63, 3.8) is 0 Å². The average Bonchev–Trinajstić information content (AvgIpc) is 2.56. The maximum Gasteiger partial charge on any atom is 0.223 e. The van der Waals surface area contributed by atoms with Crippen LogP contribution in [0.4, 0.5) is 5.95 Å². The van der Waals surface area contributed by atoms with Crippen LogP contribution in [0.2, 0.25) is 0 Å². The summed E-state index contributed by atoms with van der Waals surface area (Å²) in [6.45, 7) is 4.50. The molecule has 0 bridgehead atoms. The molecule has 5 heteroatoms. The number of rotatable bonds is 6. The molecule has 0 saturated carbocycles. The Bertz CT molecular complexity index is 677. The smallest absolute Gasteiger partial charge is 0.223 e. The number of benzene rings is 1. The molecule has 0 amide bonds. The van der Waals surface area contributed by atoms with Crippen molar-refractivity contribution >= 4 is 12.0 Å². The second kappa shape index (κ2) is 7.79. The summed E-state index contributed by atoms with van der Waals surface area (Å²) in [6.07, 6.45) is 4.72. The van der Waals surface area contributed by atoms with Gasteiger partial charge in [-0.15, -0.1) is 0 Å².